The maximum Gasteiger partial charge on any atom is 0.267 e. The minimum atomic E-state index is -0.426. The van der Waals surface area contributed by atoms with Crippen LogP contribution in [0.2, 0.25) is 0 Å². The zero-order valence-corrected chi connectivity index (χ0v) is 13.7. The normalized spacial score (nSPS) is 17.8. The van der Waals surface area contributed by atoms with Crippen LogP contribution in [0.1, 0.15) is 56.0 Å². The van der Waals surface area contributed by atoms with Crippen LogP contribution in [0.3, 0.4) is 0 Å². The van der Waals surface area contributed by atoms with E-state index >= 15 is 0 Å². The van der Waals surface area contributed by atoms with Gasteiger partial charge in [-0.2, -0.15) is 4.98 Å². The van der Waals surface area contributed by atoms with E-state index in [4.69, 9.17) is 15.0 Å². The molecule has 1 atom stereocenters. The van der Waals surface area contributed by atoms with Crippen molar-refractivity contribution in [1.29, 1.82) is 0 Å². The van der Waals surface area contributed by atoms with Crippen molar-refractivity contribution in [2.75, 3.05) is 0 Å². The molecule has 1 aromatic carbocycles. The fraction of sp³-hybridized carbons (Fsp3) is 0.500. The molecule has 1 aliphatic rings. The van der Waals surface area contributed by atoms with Gasteiger partial charge >= 0.3 is 0 Å². The Labute approximate surface area is 136 Å². The van der Waals surface area contributed by atoms with Gasteiger partial charge in [0.2, 0.25) is 0 Å². The molecule has 0 radical (unpaired) electrons. The van der Waals surface area contributed by atoms with Crippen molar-refractivity contribution in [2.24, 2.45) is 5.73 Å². The largest absolute Gasteiger partial charge is 0.481 e. The van der Waals surface area contributed by atoms with Crippen LogP contribution in [0, 0.1) is 6.92 Å². The molecule has 1 aliphatic carbocycles. The molecular weight excluding hydrogens is 302 g/mol. The topological polar surface area (TPSA) is 74.2 Å². The fourth-order valence-corrected chi connectivity index (χ4v) is 2.78. The molecule has 1 unspecified atom stereocenters. The number of rotatable bonds is 4. The first-order chi connectivity index (χ1) is 10.1. The van der Waals surface area contributed by atoms with Crippen LogP contribution in [0.25, 0.3) is 0 Å². The van der Waals surface area contributed by atoms with Gasteiger partial charge in [-0.05, 0) is 44.4 Å². The van der Waals surface area contributed by atoms with Crippen molar-refractivity contribution < 1.29 is 9.26 Å². The molecule has 0 spiro atoms. The number of nitrogens with two attached hydrogens (primary N) is 1. The summed E-state index contributed by atoms with van der Waals surface area (Å²) in [6, 6.07) is 7.89. The summed E-state index contributed by atoms with van der Waals surface area (Å²) >= 11 is 0. The van der Waals surface area contributed by atoms with Crippen molar-refractivity contribution >= 4 is 12.4 Å². The van der Waals surface area contributed by atoms with Crippen LogP contribution in [0.5, 0.6) is 5.75 Å². The molecule has 6 heteroatoms. The molecule has 2 aromatic rings. The van der Waals surface area contributed by atoms with Crippen LogP contribution >= 0.6 is 12.4 Å². The third-order valence-corrected chi connectivity index (χ3v) is 4.03. The number of aromatic nitrogens is 2. The first kappa shape index (κ1) is 16.8. The highest BCUT2D eigenvalue weighted by Gasteiger charge is 2.36. The monoisotopic (exact) mass is 323 g/mol. The van der Waals surface area contributed by atoms with Crippen molar-refractivity contribution in [2.45, 2.75) is 51.2 Å². The molecule has 1 heterocycles. The van der Waals surface area contributed by atoms with E-state index in [1.54, 1.807) is 0 Å². The number of aryl methyl sites for hydroxylation is 1. The van der Waals surface area contributed by atoms with Crippen molar-refractivity contribution in [1.82, 2.24) is 10.1 Å². The predicted molar refractivity (Wildman–Crippen MR) is 86.1 cm³/mol. The van der Waals surface area contributed by atoms with E-state index < -0.39 is 5.54 Å². The van der Waals surface area contributed by atoms with Crippen molar-refractivity contribution in [3.05, 3.63) is 41.5 Å². The van der Waals surface area contributed by atoms with E-state index in [-0.39, 0.29) is 18.5 Å². The number of ether oxygens (including phenoxy) is 1. The van der Waals surface area contributed by atoms with Gasteiger partial charge in [0.15, 0.2) is 11.9 Å². The SMILES string of the molecule is Cc1cccc(OC(C)c2nc(C3(N)CCCC3)no2)c1.Cl. The lowest BCUT2D eigenvalue weighted by Crippen LogP contribution is -2.34. The Hall–Kier alpha value is -1.59. The Kier molecular flexibility index (Phi) is 5.08. The van der Waals surface area contributed by atoms with Gasteiger partial charge < -0.3 is 15.0 Å². The van der Waals surface area contributed by atoms with E-state index in [1.165, 1.54) is 0 Å². The molecular formula is C16H22ClN3O2. The summed E-state index contributed by atoms with van der Waals surface area (Å²) in [6.45, 7) is 3.93. The Morgan fingerprint density at radius 1 is 1.32 bits per heavy atom. The lowest BCUT2D eigenvalue weighted by Gasteiger charge is -2.17. The van der Waals surface area contributed by atoms with E-state index in [9.17, 15) is 0 Å². The highest BCUT2D eigenvalue weighted by atomic mass is 35.5. The average molecular weight is 324 g/mol. The van der Waals surface area contributed by atoms with Crippen LogP contribution in [0.15, 0.2) is 28.8 Å². The number of nitrogens with zero attached hydrogens (tertiary/aromatic N) is 2. The van der Waals surface area contributed by atoms with Gasteiger partial charge in [-0.25, -0.2) is 0 Å². The van der Waals surface area contributed by atoms with Gasteiger partial charge in [0.1, 0.15) is 5.75 Å². The Morgan fingerprint density at radius 3 is 2.73 bits per heavy atom. The maximum absolute atomic E-state index is 6.34. The molecule has 1 fully saturated rings. The molecule has 1 aromatic heterocycles. The molecule has 1 saturated carbocycles. The molecule has 3 rings (SSSR count). The molecule has 5 nitrogen and oxygen atoms in total. The zero-order chi connectivity index (χ0) is 14.9. The van der Waals surface area contributed by atoms with Crippen LogP contribution < -0.4 is 10.5 Å². The van der Waals surface area contributed by atoms with Gasteiger partial charge in [-0.1, -0.05) is 30.1 Å². The molecule has 22 heavy (non-hydrogen) atoms. The van der Waals surface area contributed by atoms with Gasteiger partial charge in [0.25, 0.3) is 5.89 Å². The molecule has 0 aliphatic heterocycles. The number of benzene rings is 1. The molecule has 0 saturated heterocycles. The van der Waals surface area contributed by atoms with Gasteiger partial charge in [-0.15, -0.1) is 12.4 Å². The summed E-state index contributed by atoms with van der Waals surface area (Å²) in [5.74, 6) is 1.88. The third-order valence-electron chi connectivity index (χ3n) is 4.03. The third kappa shape index (κ3) is 3.42. The number of halogens is 1. The van der Waals surface area contributed by atoms with Crippen LogP contribution in [0.4, 0.5) is 0 Å². The van der Waals surface area contributed by atoms with Gasteiger partial charge in [-0.3, -0.25) is 0 Å². The van der Waals surface area contributed by atoms with E-state index in [0.717, 1.165) is 37.0 Å². The minimum Gasteiger partial charge on any atom is -0.481 e. The first-order valence-electron chi connectivity index (χ1n) is 7.43. The number of hydrogen-bond donors (Lipinski definition) is 1. The Bertz CT molecular complexity index is 623. The Morgan fingerprint density at radius 2 is 2.05 bits per heavy atom. The van der Waals surface area contributed by atoms with Gasteiger partial charge in [0, 0.05) is 0 Å². The number of hydrogen-bond acceptors (Lipinski definition) is 5. The first-order valence-corrected chi connectivity index (χ1v) is 7.43. The second-order valence-electron chi connectivity index (χ2n) is 5.90. The predicted octanol–water partition coefficient (Wildman–Crippen LogP) is 3.67. The molecule has 120 valence electrons. The van der Waals surface area contributed by atoms with E-state index in [1.807, 2.05) is 38.1 Å². The van der Waals surface area contributed by atoms with E-state index in [2.05, 4.69) is 10.1 Å². The fourth-order valence-electron chi connectivity index (χ4n) is 2.78. The van der Waals surface area contributed by atoms with Gasteiger partial charge in [0.05, 0.1) is 5.54 Å². The molecule has 0 amide bonds. The Balaban J connectivity index is 0.00000176. The average Bonchev–Trinajstić information content (AvgIpc) is 3.08. The highest BCUT2D eigenvalue weighted by Crippen LogP contribution is 2.35. The minimum absolute atomic E-state index is 0. The summed E-state index contributed by atoms with van der Waals surface area (Å²) in [5.41, 5.74) is 7.07. The van der Waals surface area contributed by atoms with Crippen molar-refractivity contribution in [3.8, 4) is 5.75 Å². The quantitative estimate of drug-likeness (QED) is 0.929. The standard InChI is InChI=1S/C16H21N3O2.ClH/c1-11-6-5-7-13(10-11)20-12(2)14-18-15(19-21-14)16(17)8-3-4-9-16;/h5-7,10,12H,3-4,8-9,17H2,1-2H3;1H. The highest BCUT2D eigenvalue weighted by molar-refractivity contribution is 5.85. The van der Waals surface area contributed by atoms with Crippen molar-refractivity contribution in [3.63, 3.8) is 0 Å². The lowest BCUT2D eigenvalue weighted by molar-refractivity contribution is 0.175. The summed E-state index contributed by atoms with van der Waals surface area (Å²) in [7, 11) is 0. The maximum atomic E-state index is 6.34. The molecule has 0 bridgehead atoms. The smallest absolute Gasteiger partial charge is 0.267 e. The molecule has 2 N–H and O–H groups in total. The second kappa shape index (κ2) is 6.67. The summed E-state index contributed by atoms with van der Waals surface area (Å²) in [6.07, 6.45) is 3.78. The van der Waals surface area contributed by atoms with Crippen LogP contribution in [-0.4, -0.2) is 10.1 Å². The summed E-state index contributed by atoms with van der Waals surface area (Å²) in [4.78, 5) is 4.45. The zero-order valence-electron chi connectivity index (χ0n) is 12.9. The second-order valence-corrected chi connectivity index (χ2v) is 5.90. The van der Waals surface area contributed by atoms with Crippen LogP contribution in [-0.2, 0) is 5.54 Å². The summed E-state index contributed by atoms with van der Waals surface area (Å²) in [5, 5.41) is 4.06. The lowest BCUT2D eigenvalue weighted by atomic mass is 9.99. The van der Waals surface area contributed by atoms with E-state index in [0.29, 0.717) is 11.7 Å². The summed E-state index contributed by atoms with van der Waals surface area (Å²) < 4.78 is 11.2.